The van der Waals surface area contributed by atoms with E-state index in [4.69, 9.17) is 16.3 Å². The Bertz CT molecular complexity index is 2140. The highest BCUT2D eigenvalue weighted by Gasteiger charge is 2.37. The van der Waals surface area contributed by atoms with Gasteiger partial charge in [-0.05, 0) is 103 Å². The number of hydrogen-bond donors (Lipinski definition) is 1. The van der Waals surface area contributed by atoms with E-state index in [0.717, 1.165) is 16.7 Å². The third kappa shape index (κ3) is 8.77. The third-order valence-corrected chi connectivity index (χ3v) is 12.5. The van der Waals surface area contributed by atoms with Gasteiger partial charge in [-0.1, -0.05) is 74.0 Å². The summed E-state index contributed by atoms with van der Waals surface area (Å²) in [5.41, 5.74) is 0.781. The van der Waals surface area contributed by atoms with Crippen LogP contribution in [0.1, 0.15) is 69.1 Å². The molecule has 0 spiro atoms. The Balaban J connectivity index is 1.29. The molecule has 0 saturated carbocycles. The Morgan fingerprint density at radius 3 is 2.24 bits per heavy atom. The zero-order valence-electron chi connectivity index (χ0n) is 28.4. The van der Waals surface area contributed by atoms with Gasteiger partial charge < -0.3 is 4.74 Å². The number of nitrogens with one attached hydrogen (secondary N) is 1. The number of carbonyl (C=O) groups is 1. The summed E-state index contributed by atoms with van der Waals surface area (Å²) in [5.74, 6) is -0.669. The average Bonchev–Trinajstić information content (AvgIpc) is 3.07. The van der Waals surface area contributed by atoms with Gasteiger partial charge in [0.1, 0.15) is 10.6 Å². The zero-order chi connectivity index (χ0) is 37.4. The van der Waals surface area contributed by atoms with Gasteiger partial charge in [0.2, 0.25) is 10.0 Å². The number of benzene rings is 4. The molecule has 1 aliphatic rings. The minimum Gasteiger partial charge on any atom is -0.478 e. The largest absolute Gasteiger partial charge is 0.478 e. The van der Waals surface area contributed by atoms with Crippen LogP contribution < -0.4 is 9.46 Å². The molecule has 272 valence electrons. The summed E-state index contributed by atoms with van der Waals surface area (Å²) < 4.78 is 102. The van der Waals surface area contributed by atoms with Gasteiger partial charge in [0.25, 0.3) is 15.9 Å². The van der Waals surface area contributed by atoms with Crippen LogP contribution in [0.3, 0.4) is 0 Å². The lowest BCUT2D eigenvalue weighted by molar-refractivity contribution is -0.137. The minimum absolute atomic E-state index is 0.192. The van der Waals surface area contributed by atoms with Crippen LogP contribution in [0.15, 0.2) is 101 Å². The van der Waals surface area contributed by atoms with Crippen molar-refractivity contribution in [3.05, 3.63) is 113 Å². The van der Waals surface area contributed by atoms with E-state index >= 15 is 0 Å². The first kappa shape index (κ1) is 38.3. The molecule has 0 radical (unpaired) electrons. The maximum absolute atomic E-state index is 13.9. The second-order valence-corrected chi connectivity index (χ2v) is 17.3. The van der Waals surface area contributed by atoms with Crippen molar-refractivity contribution in [3.8, 4) is 16.9 Å². The highest BCUT2D eigenvalue weighted by atomic mass is 35.5. The molecule has 1 atom stereocenters. The molecule has 4 aromatic carbocycles. The lowest BCUT2D eigenvalue weighted by Crippen LogP contribution is -2.48. The predicted molar refractivity (Wildman–Crippen MR) is 190 cm³/mol. The van der Waals surface area contributed by atoms with E-state index in [1.54, 1.807) is 36.4 Å². The summed E-state index contributed by atoms with van der Waals surface area (Å²) in [6.45, 7) is 7.46. The molecule has 0 bridgehead atoms. The van der Waals surface area contributed by atoms with Crippen LogP contribution in [0.2, 0.25) is 5.02 Å². The Hall–Kier alpha value is -3.91. The molecular weight excluding hydrogens is 725 g/mol. The number of nitrogens with zero attached hydrogens (tertiary/aromatic N) is 1. The van der Waals surface area contributed by atoms with Crippen molar-refractivity contribution in [2.75, 3.05) is 13.1 Å². The summed E-state index contributed by atoms with van der Waals surface area (Å²) in [6.07, 6.45) is -3.42. The number of ether oxygens (including phenoxy) is 1. The zero-order valence-corrected chi connectivity index (χ0v) is 30.8. The number of rotatable bonds is 10. The van der Waals surface area contributed by atoms with Crippen molar-refractivity contribution in [2.24, 2.45) is 0 Å². The Kier molecular flexibility index (Phi) is 11.0. The SMILES string of the molecule is CC(C)c1ccc(-c2cccc(S(=O)(=O)N3CCCC(c4cccc(OC(C)(C)C(=O)NS(=O)(=O)c5ccc(C(F)(F)F)cc5Cl)c4)C3)c2)cc1. The Morgan fingerprint density at radius 1 is 0.902 bits per heavy atom. The highest BCUT2D eigenvalue weighted by Crippen LogP contribution is 2.35. The van der Waals surface area contributed by atoms with Crippen molar-refractivity contribution in [1.82, 2.24) is 9.03 Å². The molecule has 51 heavy (non-hydrogen) atoms. The van der Waals surface area contributed by atoms with Crippen molar-refractivity contribution >= 4 is 37.6 Å². The lowest BCUT2D eigenvalue weighted by Gasteiger charge is -2.32. The van der Waals surface area contributed by atoms with Crippen LogP contribution in [0.25, 0.3) is 11.1 Å². The first-order valence-electron chi connectivity index (χ1n) is 16.2. The van der Waals surface area contributed by atoms with Crippen molar-refractivity contribution in [3.63, 3.8) is 0 Å². The minimum atomic E-state index is -4.74. The molecule has 1 amide bonds. The van der Waals surface area contributed by atoms with Gasteiger partial charge in [0.15, 0.2) is 5.60 Å². The van der Waals surface area contributed by atoms with E-state index in [1.165, 1.54) is 23.7 Å². The van der Waals surface area contributed by atoms with E-state index in [2.05, 4.69) is 13.8 Å². The normalized spacial score (nSPS) is 16.2. The van der Waals surface area contributed by atoms with E-state index in [1.807, 2.05) is 41.1 Å². The molecule has 8 nitrogen and oxygen atoms in total. The van der Waals surface area contributed by atoms with Crippen molar-refractivity contribution < 1.29 is 39.5 Å². The highest BCUT2D eigenvalue weighted by molar-refractivity contribution is 7.90. The fraction of sp³-hybridized carbons (Fsp3) is 0.324. The number of alkyl halides is 3. The maximum Gasteiger partial charge on any atom is 0.416 e. The van der Waals surface area contributed by atoms with Gasteiger partial charge >= 0.3 is 6.18 Å². The van der Waals surface area contributed by atoms with Crippen molar-refractivity contribution in [2.45, 2.75) is 73.9 Å². The number of carbonyl (C=O) groups excluding carboxylic acids is 1. The smallest absolute Gasteiger partial charge is 0.416 e. The predicted octanol–water partition coefficient (Wildman–Crippen LogP) is 8.38. The fourth-order valence-corrected chi connectivity index (χ4v) is 9.06. The quantitative estimate of drug-likeness (QED) is 0.174. The van der Waals surface area contributed by atoms with E-state index < -0.39 is 53.2 Å². The van der Waals surface area contributed by atoms with E-state index in [0.29, 0.717) is 43.5 Å². The Labute approximate surface area is 301 Å². The topological polar surface area (TPSA) is 110 Å². The van der Waals surface area contributed by atoms with Crippen molar-refractivity contribution in [1.29, 1.82) is 0 Å². The molecule has 14 heteroatoms. The standard InChI is InChI=1S/C37H38ClF3N2O6S2/c1-24(2)25-13-15-26(16-14-25)28-9-6-12-32(21-28)51(47,48)43-19-7-10-29(23-43)27-8-5-11-31(20-27)49-36(3,4)35(44)42-50(45,46)34-18-17-30(22-33(34)38)37(39,40)41/h5-6,8-9,11-18,20-22,24,29H,7,10,19,23H2,1-4H3,(H,42,44). The van der Waals surface area contributed by atoms with Gasteiger partial charge in [-0.3, -0.25) is 4.79 Å². The van der Waals surface area contributed by atoms with Gasteiger partial charge in [0, 0.05) is 13.1 Å². The summed E-state index contributed by atoms with van der Waals surface area (Å²) in [5, 5.41) is -0.704. The molecule has 1 fully saturated rings. The number of sulfonamides is 2. The van der Waals surface area contributed by atoms with E-state index in [9.17, 15) is 34.8 Å². The average molecular weight is 763 g/mol. The number of halogens is 4. The maximum atomic E-state index is 13.9. The molecular formula is C37H38ClF3N2O6S2. The van der Waals surface area contributed by atoms with Gasteiger partial charge in [0.05, 0.1) is 15.5 Å². The molecule has 1 N–H and O–H groups in total. The molecule has 1 aliphatic heterocycles. The molecule has 1 saturated heterocycles. The first-order valence-corrected chi connectivity index (χ1v) is 19.5. The van der Waals surface area contributed by atoms with Crippen LogP contribution in [-0.2, 0) is 31.0 Å². The number of amides is 1. The van der Waals surface area contributed by atoms with Crippen LogP contribution in [-0.4, -0.2) is 45.7 Å². The molecule has 0 aliphatic carbocycles. The first-order chi connectivity index (χ1) is 23.8. The van der Waals surface area contributed by atoms with Crippen LogP contribution in [0.4, 0.5) is 13.2 Å². The second kappa shape index (κ2) is 14.6. The number of hydrogen-bond acceptors (Lipinski definition) is 6. The second-order valence-electron chi connectivity index (χ2n) is 13.3. The van der Waals surface area contributed by atoms with Crippen LogP contribution in [0.5, 0.6) is 5.75 Å². The van der Waals surface area contributed by atoms with Crippen LogP contribution >= 0.6 is 11.6 Å². The van der Waals surface area contributed by atoms with Crippen LogP contribution in [0, 0.1) is 0 Å². The molecule has 1 heterocycles. The van der Waals surface area contributed by atoms with Gasteiger partial charge in [-0.25, -0.2) is 21.6 Å². The van der Waals surface area contributed by atoms with E-state index in [-0.39, 0.29) is 23.1 Å². The summed E-state index contributed by atoms with van der Waals surface area (Å²) in [7, 11) is -8.49. The molecule has 4 aromatic rings. The number of piperidine rings is 1. The van der Waals surface area contributed by atoms with Gasteiger partial charge in [-0.15, -0.1) is 0 Å². The summed E-state index contributed by atoms with van der Waals surface area (Å²) in [4.78, 5) is 12.6. The van der Waals surface area contributed by atoms with Gasteiger partial charge in [-0.2, -0.15) is 17.5 Å². The summed E-state index contributed by atoms with van der Waals surface area (Å²) in [6, 6.07) is 23.5. The lowest BCUT2D eigenvalue weighted by atomic mass is 9.91. The third-order valence-electron chi connectivity index (χ3n) is 8.79. The fourth-order valence-electron chi connectivity index (χ4n) is 5.85. The molecule has 5 rings (SSSR count). The molecule has 1 unspecified atom stereocenters. The monoisotopic (exact) mass is 762 g/mol. The molecule has 0 aromatic heterocycles. The Morgan fingerprint density at radius 2 is 1.59 bits per heavy atom. The summed E-state index contributed by atoms with van der Waals surface area (Å²) >= 11 is 5.85.